The van der Waals surface area contributed by atoms with Gasteiger partial charge in [-0.25, -0.2) is 0 Å². The monoisotopic (exact) mass is 520 g/mol. The van der Waals surface area contributed by atoms with Crippen LogP contribution in [-0.2, 0) is 4.74 Å². The third-order valence-corrected chi connectivity index (χ3v) is 6.09. The van der Waals surface area contributed by atoms with E-state index in [4.69, 9.17) is 4.74 Å². The molecule has 2 saturated heterocycles. The van der Waals surface area contributed by atoms with Crippen molar-refractivity contribution in [3.05, 3.63) is 71.8 Å². The maximum absolute atomic E-state index is 5.57. The molecule has 1 N–H and O–H groups in total. The lowest BCUT2D eigenvalue weighted by atomic mass is 9.99. The number of guanidine groups is 1. The summed E-state index contributed by atoms with van der Waals surface area (Å²) >= 11 is 0. The van der Waals surface area contributed by atoms with Crippen LogP contribution in [0.5, 0.6) is 0 Å². The molecule has 0 bridgehead atoms. The first kappa shape index (κ1) is 23.0. The van der Waals surface area contributed by atoms with Crippen LogP contribution >= 0.6 is 24.0 Å². The van der Waals surface area contributed by atoms with Crippen LogP contribution in [0.25, 0.3) is 0 Å². The number of benzene rings is 2. The molecule has 0 amide bonds. The average Bonchev–Trinajstić information content (AvgIpc) is 3.29. The number of nitrogens with zero attached hydrogens (tertiary/aromatic N) is 3. The Balaban J connectivity index is 0.00000256. The maximum Gasteiger partial charge on any atom is 0.193 e. The molecule has 2 atom stereocenters. The molecule has 2 aliphatic heterocycles. The van der Waals surface area contributed by atoms with Gasteiger partial charge in [0.2, 0.25) is 0 Å². The summed E-state index contributed by atoms with van der Waals surface area (Å²) in [5, 5.41) is 3.67. The van der Waals surface area contributed by atoms with Crippen molar-refractivity contribution in [2.24, 2.45) is 4.99 Å². The highest BCUT2D eigenvalue weighted by Gasteiger charge is 2.27. The lowest BCUT2D eigenvalue weighted by Gasteiger charge is -2.35. The fourth-order valence-corrected chi connectivity index (χ4v) is 4.49. The molecule has 2 unspecified atom stereocenters. The highest BCUT2D eigenvalue weighted by Crippen LogP contribution is 2.27. The highest BCUT2D eigenvalue weighted by molar-refractivity contribution is 14.0. The fourth-order valence-electron chi connectivity index (χ4n) is 4.49. The number of hydrogen-bond donors (Lipinski definition) is 1. The van der Waals surface area contributed by atoms with Crippen LogP contribution in [-0.4, -0.2) is 68.7 Å². The second-order valence-electron chi connectivity index (χ2n) is 7.85. The highest BCUT2D eigenvalue weighted by atomic mass is 127. The number of halogens is 1. The SMILES string of the molecule is CN=C(NCC(c1ccccc1)N1CCOCC1)N1CCC(c2ccccc2)C1.I. The van der Waals surface area contributed by atoms with E-state index in [1.807, 2.05) is 7.05 Å². The van der Waals surface area contributed by atoms with Crippen molar-refractivity contribution >= 4 is 29.9 Å². The number of morpholine rings is 1. The summed E-state index contributed by atoms with van der Waals surface area (Å²) in [6, 6.07) is 22.0. The zero-order valence-corrected chi connectivity index (χ0v) is 20.1. The van der Waals surface area contributed by atoms with Crippen LogP contribution in [0.2, 0.25) is 0 Å². The third kappa shape index (κ3) is 5.74. The lowest BCUT2D eigenvalue weighted by Crippen LogP contribution is -2.47. The molecular formula is C24H33IN4O. The van der Waals surface area contributed by atoms with E-state index >= 15 is 0 Å². The molecule has 162 valence electrons. The molecule has 0 aliphatic carbocycles. The van der Waals surface area contributed by atoms with Crippen LogP contribution < -0.4 is 5.32 Å². The number of rotatable bonds is 5. The van der Waals surface area contributed by atoms with Crippen LogP contribution in [0, 0.1) is 0 Å². The number of nitrogens with one attached hydrogen (secondary N) is 1. The molecule has 4 rings (SSSR count). The molecule has 2 fully saturated rings. The minimum absolute atomic E-state index is 0. The van der Waals surface area contributed by atoms with E-state index in [1.165, 1.54) is 17.5 Å². The van der Waals surface area contributed by atoms with E-state index in [2.05, 4.69) is 80.8 Å². The Hall–Kier alpha value is -1.64. The van der Waals surface area contributed by atoms with Gasteiger partial charge in [0, 0.05) is 45.7 Å². The summed E-state index contributed by atoms with van der Waals surface area (Å²) in [6.45, 7) is 6.48. The molecule has 2 aromatic carbocycles. The largest absolute Gasteiger partial charge is 0.379 e. The Bertz CT molecular complexity index is 780. The Labute approximate surface area is 197 Å². The van der Waals surface area contributed by atoms with E-state index in [0.29, 0.717) is 12.0 Å². The second kappa shape index (κ2) is 11.7. The minimum atomic E-state index is 0. The summed E-state index contributed by atoms with van der Waals surface area (Å²) in [4.78, 5) is 9.52. The molecule has 6 heteroatoms. The van der Waals surface area contributed by atoms with Gasteiger partial charge in [-0.3, -0.25) is 9.89 Å². The maximum atomic E-state index is 5.57. The summed E-state index contributed by atoms with van der Waals surface area (Å²) in [5.41, 5.74) is 2.78. The van der Waals surface area contributed by atoms with Crippen molar-refractivity contribution in [3.63, 3.8) is 0 Å². The number of aliphatic imine (C=N–C) groups is 1. The Kier molecular flexibility index (Phi) is 8.96. The molecule has 2 aliphatic rings. The van der Waals surface area contributed by atoms with E-state index in [1.54, 1.807) is 0 Å². The topological polar surface area (TPSA) is 40.1 Å². The van der Waals surface area contributed by atoms with Crippen molar-refractivity contribution in [2.75, 3.05) is 53.0 Å². The molecule has 0 radical (unpaired) electrons. The quantitative estimate of drug-likeness (QED) is 0.371. The Morgan fingerprint density at radius 1 is 1.03 bits per heavy atom. The zero-order valence-electron chi connectivity index (χ0n) is 17.7. The molecule has 30 heavy (non-hydrogen) atoms. The van der Waals surface area contributed by atoms with Crippen LogP contribution in [0.1, 0.15) is 29.5 Å². The summed E-state index contributed by atoms with van der Waals surface area (Å²) in [6.07, 6.45) is 1.18. The van der Waals surface area contributed by atoms with Gasteiger partial charge in [0.1, 0.15) is 0 Å². The first-order valence-electron chi connectivity index (χ1n) is 10.7. The summed E-state index contributed by atoms with van der Waals surface area (Å²) in [5.74, 6) is 1.59. The smallest absolute Gasteiger partial charge is 0.193 e. The normalized spacial score (nSPS) is 21.2. The van der Waals surface area contributed by atoms with Crippen LogP contribution in [0.15, 0.2) is 65.7 Å². The van der Waals surface area contributed by atoms with Gasteiger partial charge in [-0.15, -0.1) is 24.0 Å². The van der Waals surface area contributed by atoms with Crippen molar-refractivity contribution in [1.29, 1.82) is 0 Å². The van der Waals surface area contributed by atoms with Gasteiger partial charge in [0.15, 0.2) is 5.96 Å². The Morgan fingerprint density at radius 2 is 1.70 bits per heavy atom. The van der Waals surface area contributed by atoms with Gasteiger partial charge in [0.05, 0.1) is 19.3 Å². The standard InChI is InChI=1S/C24H32N4O.HI/c1-25-24(28-13-12-22(19-28)20-8-4-2-5-9-20)26-18-23(21-10-6-3-7-11-21)27-14-16-29-17-15-27;/h2-11,22-23H,12-19H2,1H3,(H,25,26);1H. The molecule has 0 spiro atoms. The molecule has 5 nitrogen and oxygen atoms in total. The minimum Gasteiger partial charge on any atom is -0.379 e. The molecule has 2 heterocycles. The van der Waals surface area contributed by atoms with E-state index < -0.39 is 0 Å². The zero-order chi connectivity index (χ0) is 19.9. The number of likely N-dealkylation sites (tertiary alicyclic amines) is 1. The van der Waals surface area contributed by atoms with Crippen LogP contribution in [0.3, 0.4) is 0 Å². The van der Waals surface area contributed by atoms with Crippen molar-refractivity contribution in [3.8, 4) is 0 Å². The third-order valence-electron chi connectivity index (χ3n) is 6.09. The van der Waals surface area contributed by atoms with Gasteiger partial charge in [-0.05, 0) is 17.5 Å². The molecule has 0 aromatic heterocycles. The van der Waals surface area contributed by atoms with Gasteiger partial charge in [-0.1, -0.05) is 60.7 Å². The predicted molar refractivity (Wildman–Crippen MR) is 134 cm³/mol. The Morgan fingerprint density at radius 3 is 2.37 bits per heavy atom. The second-order valence-corrected chi connectivity index (χ2v) is 7.85. The van der Waals surface area contributed by atoms with E-state index in [0.717, 1.165) is 51.9 Å². The number of ether oxygens (including phenoxy) is 1. The average molecular weight is 520 g/mol. The van der Waals surface area contributed by atoms with Crippen LogP contribution in [0.4, 0.5) is 0 Å². The van der Waals surface area contributed by atoms with Crippen molar-refractivity contribution in [2.45, 2.75) is 18.4 Å². The van der Waals surface area contributed by atoms with Gasteiger partial charge >= 0.3 is 0 Å². The first-order chi connectivity index (χ1) is 14.3. The van der Waals surface area contributed by atoms with Crippen molar-refractivity contribution in [1.82, 2.24) is 15.1 Å². The van der Waals surface area contributed by atoms with Gasteiger partial charge in [-0.2, -0.15) is 0 Å². The first-order valence-corrected chi connectivity index (χ1v) is 10.7. The number of hydrogen-bond acceptors (Lipinski definition) is 3. The van der Waals surface area contributed by atoms with E-state index in [-0.39, 0.29) is 24.0 Å². The predicted octanol–water partition coefficient (Wildman–Crippen LogP) is 3.74. The molecular weight excluding hydrogens is 487 g/mol. The van der Waals surface area contributed by atoms with Gasteiger partial charge in [0.25, 0.3) is 0 Å². The summed E-state index contributed by atoms with van der Waals surface area (Å²) in [7, 11) is 1.89. The molecule has 0 saturated carbocycles. The fraction of sp³-hybridized carbons (Fsp3) is 0.458. The summed E-state index contributed by atoms with van der Waals surface area (Å²) < 4.78 is 5.57. The lowest BCUT2D eigenvalue weighted by molar-refractivity contribution is 0.0169. The van der Waals surface area contributed by atoms with Gasteiger partial charge < -0.3 is 15.0 Å². The van der Waals surface area contributed by atoms with E-state index in [9.17, 15) is 0 Å². The van der Waals surface area contributed by atoms with Crippen molar-refractivity contribution < 1.29 is 4.74 Å². The molecule has 2 aromatic rings.